The molecule has 0 aliphatic carbocycles. The molecule has 0 radical (unpaired) electrons. The van der Waals surface area contributed by atoms with Crippen LogP contribution in [-0.4, -0.2) is 25.1 Å². The number of para-hydroxylation sites is 2. The van der Waals surface area contributed by atoms with E-state index in [0.29, 0.717) is 13.1 Å². The van der Waals surface area contributed by atoms with E-state index in [4.69, 9.17) is 4.74 Å². The van der Waals surface area contributed by atoms with Crippen LogP contribution in [0.15, 0.2) is 24.3 Å². The van der Waals surface area contributed by atoms with E-state index in [1.165, 1.54) is 18.2 Å². The topological polar surface area (TPSA) is 30.5 Å². The Morgan fingerprint density at radius 2 is 1.76 bits per heavy atom. The van der Waals surface area contributed by atoms with Crippen molar-refractivity contribution in [2.45, 2.75) is 18.9 Å². The predicted molar refractivity (Wildman–Crippen MR) is 55.0 cm³/mol. The Morgan fingerprint density at radius 3 is 2.24 bits per heavy atom. The molecule has 0 amide bonds. The Labute approximate surface area is 96.5 Å². The van der Waals surface area contributed by atoms with Gasteiger partial charge in [-0.2, -0.15) is 0 Å². The van der Waals surface area contributed by atoms with Crippen molar-refractivity contribution in [3.63, 3.8) is 0 Å². The van der Waals surface area contributed by atoms with Crippen LogP contribution in [0, 0.1) is 0 Å². The van der Waals surface area contributed by atoms with Crippen molar-refractivity contribution in [1.29, 1.82) is 0 Å². The summed E-state index contributed by atoms with van der Waals surface area (Å²) in [5, 5.41) is 3.00. The third-order valence-electron chi connectivity index (χ3n) is 2.43. The second-order valence-corrected chi connectivity index (χ2v) is 4.15. The average Bonchev–Trinajstić information content (AvgIpc) is 2.16. The zero-order valence-corrected chi connectivity index (χ0v) is 9.17. The molecule has 94 valence electrons. The SMILES string of the molecule is CC1(Oc2ccccc2OC(F)(F)F)CNC1. The second-order valence-electron chi connectivity index (χ2n) is 4.15. The zero-order valence-electron chi connectivity index (χ0n) is 9.17. The first-order valence-corrected chi connectivity index (χ1v) is 5.13. The van der Waals surface area contributed by atoms with Crippen LogP contribution in [0.3, 0.4) is 0 Å². The van der Waals surface area contributed by atoms with E-state index in [1.807, 2.05) is 6.92 Å². The van der Waals surface area contributed by atoms with Crippen molar-refractivity contribution in [3.05, 3.63) is 24.3 Å². The number of hydrogen-bond acceptors (Lipinski definition) is 3. The number of hydrogen-bond donors (Lipinski definition) is 1. The maximum Gasteiger partial charge on any atom is 0.573 e. The van der Waals surface area contributed by atoms with Crippen molar-refractivity contribution >= 4 is 0 Å². The Kier molecular flexibility index (Phi) is 2.91. The maximum absolute atomic E-state index is 12.2. The first-order chi connectivity index (χ1) is 7.88. The van der Waals surface area contributed by atoms with Crippen LogP contribution >= 0.6 is 0 Å². The molecule has 2 rings (SSSR count). The minimum absolute atomic E-state index is 0.105. The van der Waals surface area contributed by atoms with Gasteiger partial charge in [0.2, 0.25) is 0 Å². The largest absolute Gasteiger partial charge is 0.573 e. The first kappa shape index (κ1) is 12.0. The molecule has 0 aromatic heterocycles. The molecule has 1 aromatic rings. The van der Waals surface area contributed by atoms with Gasteiger partial charge in [0.1, 0.15) is 5.60 Å². The van der Waals surface area contributed by atoms with Gasteiger partial charge in [-0.15, -0.1) is 13.2 Å². The Balaban J connectivity index is 2.15. The van der Waals surface area contributed by atoms with E-state index in [-0.39, 0.29) is 11.5 Å². The highest BCUT2D eigenvalue weighted by Crippen LogP contribution is 2.34. The summed E-state index contributed by atoms with van der Waals surface area (Å²) >= 11 is 0. The molecule has 0 spiro atoms. The summed E-state index contributed by atoms with van der Waals surface area (Å²) in [6, 6.07) is 5.77. The zero-order chi connectivity index (χ0) is 12.5. The van der Waals surface area contributed by atoms with E-state index >= 15 is 0 Å². The van der Waals surface area contributed by atoms with Gasteiger partial charge >= 0.3 is 6.36 Å². The fraction of sp³-hybridized carbons (Fsp3) is 0.455. The van der Waals surface area contributed by atoms with Gasteiger partial charge in [-0.3, -0.25) is 0 Å². The van der Waals surface area contributed by atoms with Gasteiger partial charge in [0, 0.05) is 13.1 Å². The molecular weight excluding hydrogens is 235 g/mol. The number of rotatable bonds is 3. The minimum Gasteiger partial charge on any atom is -0.481 e. The third kappa shape index (κ3) is 3.03. The summed E-state index contributed by atoms with van der Waals surface area (Å²) in [4.78, 5) is 0. The lowest BCUT2D eigenvalue weighted by Crippen LogP contribution is -2.61. The van der Waals surface area contributed by atoms with Crippen LogP contribution in [0.1, 0.15) is 6.92 Å². The lowest BCUT2D eigenvalue weighted by atomic mass is 10.00. The number of nitrogens with one attached hydrogen (secondary N) is 1. The first-order valence-electron chi connectivity index (χ1n) is 5.13. The van der Waals surface area contributed by atoms with Crippen molar-refractivity contribution < 1.29 is 22.6 Å². The summed E-state index contributed by atoms with van der Waals surface area (Å²) in [6.45, 7) is 3.04. The second kappa shape index (κ2) is 4.10. The van der Waals surface area contributed by atoms with E-state index < -0.39 is 12.0 Å². The average molecular weight is 247 g/mol. The molecule has 1 heterocycles. The standard InChI is InChI=1S/C11H12F3NO2/c1-10(6-15-7-10)16-8-4-2-3-5-9(8)17-11(12,13)14/h2-5,15H,6-7H2,1H3. The summed E-state index contributed by atoms with van der Waals surface area (Å²) < 4.78 is 45.9. The van der Waals surface area contributed by atoms with Gasteiger partial charge in [0.05, 0.1) is 0 Å². The number of benzene rings is 1. The smallest absolute Gasteiger partial charge is 0.481 e. The van der Waals surface area contributed by atoms with Crippen molar-refractivity contribution in [2.75, 3.05) is 13.1 Å². The summed E-state index contributed by atoms with van der Waals surface area (Å²) in [7, 11) is 0. The molecule has 1 aliphatic heterocycles. The summed E-state index contributed by atoms with van der Waals surface area (Å²) in [6.07, 6.45) is -4.71. The molecule has 1 aromatic carbocycles. The predicted octanol–water partition coefficient (Wildman–Crippen LogP) is 2.33. The normalized spacial score (nSPS) is 18.4. The molecule has 0 atom stereocenters. The minimum atomic E-state index is -4.71. The summed E-state index contributed by atoms with van der Waals surface area (Å²) in [5.41, 5.74) is -0.467. The van der Waals surface area contributed by atoms with E-state index in [2.05, 4.69) is 10.1 Å². The lowest BCUT2D eigenvalue weighted by Gasteiger charge is -2.39. The van der Waals surface area contributed by atoms with Crippen LogP contribution in [0.5, 0.6) is 11.5 Å². The fourth-order valence-corrected chi connectivity index (χ4v) is 1.56. The number of alkyl halides is 3. The molecule has 1 fully saturated rings. The monoisotopic (exact) mass is 247 g/mol. The number of ether oxygens (including phenoxy) is 2. The summed E-state index contributed by atoms with van der Waals surface area (Å²) in [5.74, 6) is -0.207. The van der Waals surface area contributed by atoms with Gasteiger partial charge in [0.15, 0.2) is 11.5 Å². The van der Waals surface area contributed by atoms with E-state index in [1.54, 1.807) is 6.07 Å². The molecule has 1 aliphatic rings. The Hall–Kier alpha value is -1.43. The van der Waals surface area contributed by atoms with Gasteiger partial charge in [-0.25, -0.2) is 0 Å². The quantitative estimate of drug-likeness (QED) is 0.889. The van der Waals surface area contributed by atoms with E-state index in [0.717, 1.165) is 0 Å². The molecule has 17 heavy (non-hydrogen) atoms. The van der Waals surface area contributed by atoms with Gasteiger partial charge in [-0.05, 0) is 19.1 Å². The molecule has 0 bridgehead atoms. The van der Waals surface area contributed by atoms with Crippen LogP contribution in [-0.2, 0) is 0 Å². The third-order valence-corrected chi connectivity index (χ3v) is 2.43. The molecule has 3 nitrogen and oxygen atoms in total. The Morgan fingerprint density at radius 1 is 1.18 bits per heavy atom. The molecule has 1 saturated heterocycles. The molecule has 6 heteroatoms. The van der Waals surface area contributed by atoms with Gasteiger partial charge < -0.3 is 14.8 Å². The molecule has 0 saturated carbocycles. The van der Waals surface area contributed by atoms with Gasteiger partial charge in [-0.1, -0.05) is 12.1 Å². The van der Waals surface area contributed by atoms with Crippen LogP contribution in [0.2, 0.25) is 0 Å². The highest BCUT2D eigenvalue weighted by atomic mass is 19.4. The van der Waals surface area contributed by atoms with E-state index in [9.17, 15) is 13.2 Å². The van der Waals surface area contributed by atoms with Crippen LogP contribution in [0.25, 0.3) is 0 Å². The van der Waals surface area contributed by atoms with Crippen molar-refractivity contribution in [1.82, 2.24) is 5.32 Å². The highest BCUT2D eigenvalue weighted by molar-refractivity contribution is 5.40. The van der Waals surface area contributed by atoms with Gasteiger partial charge in [0.25, 0.3) is 0 Å². The highest BCUT2D eigenvalue weighted by Gasteiger charge is 2.36. The van der Waals surface area contributed by atoms with Crippen molar-refractivity contribution in [2.24, 2.45) is 0 Å². The maximum atomic E-state index is 12.2. The molecule has 1 N–H and O–H groups in total. The van der Waals surface area contributed by atoms with Crippen molar-refractivity contribution in [3.8, 4) is 11.5 Å². The number of halogens is 3. The Bertz CT molecular complexity index is 402. The molecular formula is C11H12F3NO2. The lowest BCUT2D eigenvalue weighted by molar-refractivity contribution is -0.275. The van der Waals surface area contributed by atoms with Crippen LogP contribution < -0.4 is 14.8 Å². The van der Waals surface area contributed by atoms with Crippen LogP contribution in [0.4, 0.5) is 13.2 Å². The fourth-order valence-electron chi connectivity index (χ4n) is 1.56. The molecule has 0 unspecified atom stereocenters.